The lowest BCUT2D eigenvalue weighted by molar-refractivity contribution is -0.164. The van der Waals surface area contributed by atoms with Gasteiger partial charge in [0.25, 0.3) is 11.1 Å². The molecule has 1 unspecified atom stereocenters. The molecule has 4 heterocycles. The van der Waals surface area contributed by atoms with Crippen molar-refractivity contribution in [1.29, 1.82) is 0 Å². The minimum Gasteiger partial charge on any atom is -0.472 e. The Morgan fingerprint density at radius 1 is 0.882 bits per heavy atom. The Hall–Kier alpha value is -7.31. The lowest BCUT2D eigenvalue weighted by Crippen LogP contribution is -2.85. The molecule has 1 aromatic heterocycles. The Balaban J connectivity index is 1.25. The quantitative estimate of drug-likeness (QED) is 0.0261. The van der Waals surface area contributed by atoms with E-state index in [-0.39, 0.29) is 60.3 Å². The van der Waals surface area contributed by atoms with Crippen molar-refractivity contribution in [1.82, 2.24) is 40.8 Å². The van der Waals surface area contributed by atoms with Gasteiger partial charge in [0, 0.05) is 45.0 Å². The minimum atomic E-state index is -2.27. The summed E-state index contributed by atoms with van der Waals surface area (Å²) in [4.78, 5) is 124. The molecule has 24 heteroatoms. The predicted octanol–water partition coefficient (Wildman–Crippen LogP) is 2.69. The number of hydrogen-bond donors (Lipinski definition) is 3. The number of thioether (sulfide) groups is 2. The largest absolute Gasteiger partial charge is 0.472 e. The number of carbonyl (C=O) groups excluding carboxylic acids is 9. The first kappa shape index (κ1) is 48.6. The molecule has 68 heavy (non-hydrogen) atoms. The summed E-state index contributed by atoms with van der Waals surface area (Å²) >= 11 is 3.50. The number of carbonyl (C=O) groups is 9. The van der Waals surface area contributed by atoms with E-state index in [0.717, 1.165) is 36.6 Å². The highest BCUT2D eigenvalue weighted by Gasteiger charge is 2.66. The molecule has 3 atom stereocenters. The molecule has 7 amide bonds. The molecule has 3 aromatic carbocycles. The molecule has 0 bridgehead atoms. The smallest absolute Gasteiger partial charge is 0.356 e. The summed E-state index contributed by atoms with van der Waals surface area (Å²) in [5.74, 6) is -7.12. The molecular formula is C44H42N8O13S3. The monoisotopic (exact) mass is 986 g/mol. The van der Waals surface area contributed by atoms with E-state index in [4.69, 9.17) is 18.9 Å². The number of hydrogen-bond acceptors (Lipinski definition) is 18. The Bertz CT molecular complexity index is 2650. The number of esters is 3. The first-order valence-corrected chi connectivity index (χ1v) is 23.5. The molecule has 21 nitrogen and oxygen atoms in total. The minimum absolute atomic E-state index is 0.000211. The van der Waals surface area contributed by atoms with Crippen LogP contribution in [0, 0.1) is 0 Å². The number of rotatable bonds is 17. The van der Waals surface area contributed by atoms with Gasteiger partial charge in [0.2, 0.25) is 18.0 Å². The van der Waals surface area contributed by atoms with Crippen LogP contribution >= 0.6 is 34.9 Å². The zero-order valence-corrected chi connectivity index (χ0v) is 39.1. The maximum atomic E-state index is 14.8. The van der Waals surface area contributed by atoms with Crippen molar-refractivity contribution < 1.29 is 62.1 Å². The van der Waals surface area contributed by atoms with E-state index in [1.165, 1.54) is 47.2 Å². The number of nitrogens with one attached hydrogen (secondary N) is 3. The Morgan fingerprint density at radius 3 is 2.15 bits per heavy atom. The fraction of sp³-hybridized carbons (Fsp3) is 0.295. The molecule has 3 aliphatic heterocycles. The van der Waals surface area contributed by atoms with E-state index >= 15 is 0 Å². The Kier molecular flexibility index (Phi) is 15.1. The molecule has 0 spiro atoms. The number of ether oxygens (including phenoxy) is 4. The van der Waals surface area contributed by atoms with Gasteiger partial charge < -0.3 is 39.8 Å². The van der Waals surface area contributed by atoms with Gasteiger partial charge in [-0.1, -0.05) is 83.6 Å². The fourth-order valence-electron chi connectivity index (χ4n) is 7.45. The molecule has 3 aliphatic rings. The summed E-state index contributed by atoms with van der Waals surface area (Å²) in [5.41, 5.74) is -0.822. The van der Waals surface area contributed by atoms with E-state index in [1.54, 1.807) is 55.5 Å². The van der Waals surface area contributed by atoms with Gasteiger partial charge in [0.1, 0.15) is 17.1 Å². The van der Waals surface area contributed by atoms with E-state index in [1.807, 2.05) is 12.1 Å². The van der Waals surface area contributed by atoms with Crippen LogP contribution in [-0.4, -0.2) is 128 Å². The molecule has 3 N–H and O–H groups in total. The van der Waals surface area contributed by atoms with Gasteiger partial charge in [-0.2, -0.15) is 0 Å². The summed E-state index contributed by atoms with van der Waals surface area (Å²) in [6.45, 7) is 3.79. The Labute approximate surface area is 400 Å². The zero-order chi connectivity index (χ0) is 48.7. The van der Waals surface area contributed by atoms with Crippen LogP contribution in [0.3, 0.4) is 0 Å². The number of fused-ring (bicyclic) bond motifs is 1. The number of benzene rings is 3. The molecule has 0 aliphatic carbocycles. The second-order valence-corrected chi connectivity index (χ2v) is 18.1. The number of aromatic nitrogens is 2. The normalized spacial score (nSPS) is 18.2. The first-order chi connectivity index (χ1) is 32.7. The van der Waals surface area contributed by atoms with Crippen molar-refractivity contribution in [2.24, 2.45) is 0 Å². The zero-order valence-electron chi connectivity index (χ0n) is 36.6. The maximum absolute atomic E-state index is 14.8. The second kappa shape index (κ2) is 21.1. The van der Waals surface area contributed by atoms with Gasteiger partial charge in [-0.15, -0.1) is 16.9 Å². The highest BCUT2D eigenvalue weighted by Crippen LogP contribution is 2.47. The van der Waals surface area contributed by atoms with Crippen LogP contribution in [0.2, 0.25) is 0 Å². The number of amides is 7. The third-order valence-electron chi connectivity index (χ3n) is 10.6. The number of nitrogens with zero attached hydrogens (tertiary/aromatic N) is 5. The van der Waals surface area contributed by atoms with Gasteiger partial charge in [-0.3, -0.25) is 43.4 Å². The van der Waals surface area contributed by atoms with Crippen molar-refractivity contribution in [3.63, 3.8) is 0 Å². The summed E-state index contributed by atoms with van der Waals surface area (Å²) in [6.07, 6.45) is -0.744. The molecule has 4 aromatic rings. The maximum Gasteiger partial charge on any atom is 0.356 e. The van der Waals surface area contributed by atoms with Crippen LogP contribution in [0.25, 0.3) is 0 Å². The van der Waals surface area contributed by atoms with Crippen molar-refractivity contribution in [2.45, 2.75) is 48.3 Å². The van der Waals surface area contributed by atoms with E-state index in [9.17, 15) is 43.2 Å². The molecule has 0 radical (unpaired) electrons. The lowest BCUT2D eigenvalue weighted by Gasteiger charge is -2.56. The number of urea groups is 1. The van der Waals surface area contributed by atoms with Gasteiger partial charge in [-0.25, -0.2) is 9.59 Å². The highest BCUT2D eigenvalue weighted by molar-refractivity contribution is 8.01. The van der Waals surface area contributed by atoms with E-state index in [0.29, 0.717) is 31.1 Å². The van der Waals surface area contributed by atoms with Crippen molar-refractivity contribution in [3.8, 4) is 16.7 Å². The summed E-state index contributed by atoms with van der Waals surface area (Å²) in [6, 6.07) is 18.4. The van der Waals surface area contributed by atoms with Crippen molar-refractivity contribution in [2.75, 3.05) is 38.2 Å². The van der Waals surface area contributed by atoms with E-state index in [2.05, 4.69) is 26.1 Å². The summed E-state index contributed by atoms with van der Waals surface area (Å²) in [5, 5.41) is 14.6. The SMILES string of the molecule is CCN1CCN(C(=O)NC(C(=O)N[C@]2(NC=O)C(=O)N3C(C(=O)OC(c4ccccc4)c4ccccc4)=C(CSc4nnc(OC)s4)CS[C@H]32)c2ccc(OC(C)=O)c(OC(C)=O)c2)C(=O)C1=O. The van der Waals surface area contributed by atoms with Crippen LogP contribution in [0.4, 0.5) is 4.79 Å². The number of methoxy groups -OCH3 is 1. The number of β-lactam (4-membered cyclic amide) rings is 1. The average Bonchev–Trinajstić information content (AvgIpc) is 3.81. The number of imide groups is 1. The van der Waals surface area contributed by atoms with Gasteiger partial charge in [0.05, 0.1) is 7.11 Å². The van der Waals surface area contributed by atoms with Gasteiger partial charge in [0.15, 0.2) is 21.9 Å². The lowest BCUT2D eigenvalue weighted by atomic mass is 9.94. The molecular weight excluding hydrogens is 945 g/mol. The third-order valence-corrected chi connectivity index (χ3v) is 14.1. The van der Waals surface area contributed by atoms with Crippen LogP contribution in [-0.2, 0) is 43.1 Å². The second-order valence-electron chi connectivity index (χ2n) is 14.9. The number of piperazine rings is 1. The third kappa shape index (κ3) is 10.2. The van der Waals surface area contributed by atoms with Crippen molar-refractivity contribution in [3.05, 3.63) is 107 Å². The Morgan fingerprint density at radius 2 is 1.54 bits per heavy atom. The molecule has 0 saturated carbocycles. The van der Waals surface area contributed by atoms with Crippen LogP contribution in [0.15, 0.2) is 94.5 Å². The van der Waals surface area contributed by atoms with Crippen molar-refractivity contribution >= 4 is 88.8 Å². The first-order valence-electron chi connectivity index (χ1n) is 20.6. The molecule has 2 saturated heterocycles. The predicted molar refractivity (Wildman–Crippen MR) is 242 cm³/mol. The summed E-state index contributed by atoms with van der Waals surface area (Å²) in [7, 11) is 1.45. The van der Waals surface area contributed by atoms with Crippen LogP contribution in [0.5, 0.6) is 16.7 Å². The molecule has 354 valence electrons. The number of likely N-dealkylation sites (N-methyl/N-ethyl adjacent to an activating group) is 1. The van der Waals surface area contributed by atoms with Crippen LogP contribution in [0.1, 0.15) is 49.6 Å². The highest BCUT2D eigenvalue weighted by atomic mass is 32.2. The van der Waals surface area contributed by atoms with E-state index < -0.39 is 70.8 Å². The molecule has 2 fully saturated rings. The average molecular weight is 987 g/mol. The molecule has 7 rings (SSSR count). The standard InChI is InChI=1S/C44H42N8O13S3/c1-5-50-18-19-51(37(58)36(50)57)41(61)46-32(28-16-17-30(63-24(2)54)31(20-28)64-25(3)55)35(56)47-44(45-23-53)39(60)52-33(29(21-66-40(44)52)22-67-43-49-48-42(62-4)68-43)38(59)65-34(26-12-8-6-9-13-26)27-14-10-7-11-15-27/h6-17,20,23,32,34,40H,5,18-19,21-22H2,1-4H3,(H,45,53)(H,46,61)(H,47,56)/t32?,40-,44+/m0/s1. The van der Waals surface area contributed by atoms with Gasteiger partial charge in [-0.05, 0) is 52.7 Å². The summed E-state index contributed by atoms with van der Waals surface area (Å²) < 4.78 is 22.4. The van der Waals surface area contributed by atoms with Crippen LogP contribution < -0.4 is 30.2 Å². The topological polar surface area (TPSA) is 262 Å². The fourth-order valence-corrected chi connectivity index (χ4v) is 10.7. The van der Waals surface area contributed by atoms with Gasteiger partial charge >= 0.3 is 35.8 Å².